The minimum Gasteiger partial charge on any atom is -0.393 e. The van der Waals surface area contributed by atoms with E-state index in [-0.39, 0.29) is 17.6 Å². The summed E-state index contributed by atoms with van der Waals surface area (Å²) in [6.45, 7) is 3.83. The maximum absolute atomic E-state index is 11.2. The summed E-state index contributed by atoms with van der Waals surface area (Å²) in [5, 5.41) is 0. The summed E-state index contributed by atoms with van der Waals surface area (Å²) < 4.78 is 4.42. The van der Waals surface area contributed by atoms with Crippen molar-refractivity contribution in [3.63, 3.8) is 0 Å². The first kappa shape index (κ1) is 14.8. The van der Waals surface area contributed by atoms with E-state index >= 15 is 0 Å². The van der Waals surface area contributed by atoms with Gasteiger partial charge in [-0.25, -0.2) is 0 Å². The van der Waals surface area contributed by atoms with E-state index in [2.05, 4.69) is 17.4 Å². The van der Waals surface area contributed by atoms with E-state index in [9.17, 15) is 9.59 Å². The summed E-state index contributed by atoms with van der Waals surface area (Å²) in [6, 6.07) is 0. The van der Waals surface area contributed by atoms with E-state index in [0.717, 1.165) is 0 Å². The Kier molecular flexibility index (Phi) is 7.09. The van der Waals surface area contributed by atoms with Crippen LogP contribution in [-0.4, -0.2) is 28.7 Å². The zero-order valence-electron chi connectivity index (χ0n) is 9.41. The lowest BCUT2D eigenvalue weighted by Crippen LogP contribution is -2.17. The largest absolute Gasteiger partial charge is 0.393 e. The Morgan fingerprint density at radius 3 is 2.27 bits per heavy atom. The number of ether oxygens (including phenoxy) is 1. The zero-order chi connectivity index (χ0) is 11.9. The second-order valence-corrected chi connectivity index (χ2v) is 6.10. The highest BCUT2D eigenvalue weighted by molar-refractivity contribution is 7.98. The molecular formula is C10H18O3S2. The molecule has 0 aromatic heterocycles. The molecule has 0 aromatic rings. The molecular weight excluding hydrogens is 232 g/mol. The Morgan fingerprint density at radius 2 is 1.80 bits per heavy atom. The predicted octanol–water partition coefficient (Wildman–Crippen LogP) is 2.30. The molecule has 0 rings (SSSR count). The van der Waals surface area contributed by atoms with Crippen molar-refractivity contribution in [1.82, 2.24) is 0 Å². The SMILES string of the molecule is CSCCC(=O)OC(=O)CCC(C)(C)S. The topological polar surface area (TPSA) is 43.4 Å². The third kappa shape index (κ3) is 10.1. The number of carbonyl (C=O) groups excluding carboxylic acids is 2. The minimum absolute atomic E-state index is 0.207. The molecule has 0 atom stereocenters. The van der Waals surface area contributed by atoms with Crippen molar-refractivity contribution >= 4 is 36.3 Å². The lowest BCUT2D eigenvalue weighted by Gasteiger charge is -2.15. The highest BCUT2D eigenvalue weighted by Gasteiger charge is 2.16. The van der Waals surface area contributed by atoms with Crippen molar-refractivity contribution in [1.29, 1.82) is 0 Å². The third-order valence-electron chi connectivity index (χ3n) is 1.68. The first-order chi connectivity index (χ1) is 6.85. The average molecular weight is 250 g/mol. The van der Waals surface area contributed by atoms with Crippen molar-refractivity contribution < 1.29 is 14.3 Å². The van der Waals surface area contributed by atoms with E-state index in [1.165, 1.54) is 0 Å². The van der Waals surface area contributed by atoms with Crippen LogP contribution in [0.4, 0.5) is 0 Å². The van der Waals surface area contributed by atoms with Crippen LogP contribution >= 0.6 is 24.4 Å². The molecule has 0 aliphatic carbocycles. The predicted molar refractivity (Wildman–Crippen MR) is 66.4 cm³/mol. The quantitative estimate of drug-likeness (QED) is 0.446. The monoisotopic (exact) mass is 250 g/mol. The lowest BCUT2D eigenvalue weighted by molar-refractivity contribution is -0.159. The van der Waals surface area contributed by atoms with Gasteiger partial charge in [-0.15, -0.1) is 0 Å². The van der Waals surface area contributed by atoms with Crippen LogP contribution in [0.15, 0.2) is 0 Å². The van der Waals surface area contributed by atoms with Gasteiger partial charge in [0.15, 0.2) is 0 Å². The fourth-order valence-corrected chi connectivity index (χ4v) is 1.30. The molecule has 0 heterocycles. The molecule has 0 saturated carbocycles. The molecule has 0 fully saturated rings. The molecule has 88 valence electrons. The molecule has 0 amide bonds. The Hall–Kier alpha value is -0.160. The lowest BCUT2D eigenvalue weighted by atomic mass is 10.1. The molecule has 0 spiro atoms. The standard InChI is InChI=1S/C10H18O3S2/c1-10(2,14)6-4-8(11)13-9(12)5-7-15-3/h14H,4-7H2,1-3H3. The first-order valence-electron chi connectivity index (χ1n) is 4.80. The Bertz CT molecular complexity index is 221. The molecule has 0 radical (unpaired) electrons. The number of hydrogen-bond donors (Lipinski definition) is 1. The summed E-state index contributed by atoms with van der Waals surface area (Å²) in [7, 11) is 0. The molecule has 3 nitrogen and oxygen atoms in total. The molecule has 0 aromatic carbocycles. The van der Waals surface area contributed by atoms with Crippen molar-refractivity contribution in [2.24, 2.45) is 0 Å². The Labute approximate surface area is 101 Å². The Morgan fingerprint density at radius 1 is 1.27 bits per heavy atom. The minimum atomic E-state index is -0.455. The van der Waals surface area contributed by atoms with Gasteiger partial charge in [0.05, 0.1) is 6.42 Å². The van der Waals surface area contributed by atoms with Gasteiger partial charge in [-0.2, -0.15) is 24.4 Å². The number of esters is 2. The van der Waals surface area contributed by atoms with Crippen LogP contribution < -0.4 is 0 Å². The first-order valence-corrected chi connectivity index (χ1v) is 6.64. The van der Waals surface area contributed by atoms with Gasteiger partial charge in [0, 0.05) is 16.9 Å². The van der Waals surface area contributed by atoms with E-state index < -0.39 is 11.9 Å². The fraction of sp³-hybridized carbons (Fsp3) is 0.800. The van der Waals surface area contributed by atoms with Gasteiger partial charge in [-0.1, -0.05) is 13.8 Å². The van der Waals surface area contributed by atoms with Gasteiger partial charge in [-0.3, -0.25) is 9.59 Å². The number of carbonyl (C=O) groups is 2. The number of hydrogen-bond acceptors (Lipinski definition) is 5. The van der Waals surface area contributed by atoms with Gasteiger partial charge in [0.1, 0.15) is 0 Å². The van der Waals surface area contributed by atoms with Crippen molar-refractivity contribution in [2.75, 3.05) is 12.0 Å². The normalized spacial score (nSPS) is 11.2. The van der Waals surface area contributed by atoms with Crippen LogP contribution in [0.2, 0.25) is 0 Å². The van der Waals surface area contributed by atoms with Gasteiger partial charge in [0.25, 0.3) is 0 Å². The van der Waals surface area contributed by atoms with Gasteiger partial charge in [0.2, 0.25) is 0 Å². The molecule has 0 aliphatic rings. The summed E-state index contributed by atoms with van der Waals surface area (Å²) in [4.78, 5) is 22.2. The molecule has 0 saturated heterocycles. The molecule has 0 N–H and O–H groups in total. The molecule has 15 heavy (non-hydrogen) atoms. The second kappa shape index (κ2) is 7.17. The van der Waals surface area contributed by atoms with Crippen molar-refractivity contribution in [3.8, 4) is 0 Å². The van der Waals surface area contributed by atoms with Crippen LogP contribution in [0.5, 0.6) is 0 Å². The van der Waals surface area contributed by atoms with E-state index in [4.69, 9.17) is 0 Å². The van der Waals surface area contributed by atoms with Gasteiger partial charge in [-0.05, 0) is 12.7 Å². The van der Waals surface area contributed by atoms with Crippen molar-refractivity contribution in [2.45, 2.75) is 37.9 Å². The van der Waals surface area contributed by atoms with Crippen molar-refractivity contribution in [3.05, 3.63) is 0 Å². The highest BCUT2D eigenvalue weighted by Crippen LogP contribution is 2.19. The maximum Gasteiger partial charge on any atom is 0.314 e. The van der Waals surface area contributed by atoms with Crippen LogP contribution in [0.25, 0.3) is 0 Å². The van der Waals surface area contributed by atoms with E-state index in [0.29, 0.717) is 12.2 Å². The van der Waals surface area contributed by atoms with E-state index in [1.54, 1.807) is 11.8 Å². The summed E-state index contributed by atoms with van der Waals surface area (Å²) in [5.74, 6) is -0.209. The zero-order valence-corrected chi connectivity index (χ0v) is 11.1. The molecule has 0 unspecified atom stereocenters. The van der Waals surface area contributed by atoms with Crippen LogP contribution in [0.1, 0.15) is 33.1 Å². The van der Waals surface area contributed by atoms with Crippen LogP contribution in [-0.2, 0) is 14.3 Å². The summed E-state index contributed by atoms with van der Waals surface area (Å²) >= 11 is 5.83. The fourth-order valence-electron chi connectivity index (χ4n) is 0.822. The van der Waals surface area contributed by atoms with Crippen LogP contribution in [0, 0.1) is 0 Å². The second-order valence-electron chi connectivity index (χ2n) is 3.90. The number of rotatable bonds is 6. The Balaban J connectivity index is 3.70. The third-order valence-corrected chi connectivity index (χ3v) is 2.51. The molecule has 5 heteroatoms. The number of thiol groups is 1. The molecule has 0 aliphatic heterocycles. The maximum atomic E-state index is 11.2. The van der Waals surface area contributed by atoms with Gasteiger partial charge < -0.3 is 4.74 Å². The van der Waals surface area contributed by atoms with E-state index in [1.807, 2.05) is 20.1 Å². The highest BCUT2D eigenvalue weighted by atomic mass is 32.2. The number of thioether (sulfide) groups is 1. The van der Waals surface area contributed by atoms with Gasteiger partial charge >= 0.3 is 11.9 Å². The summed E-state index contributed by atoms with van der Waals surface area (Å²) in [6.07, 6.45) is 3.03. The van der Waals surface area contributed by atoms with Crippen LogP contribution in [0.3, 0.4) is 0 Å². The smallest absolute Gasteiger partial charge is 0.314 e. The molecule has 0 bridgehead atoms. The summed E-state index contributed by atoms with van der Waals surface area (Å²) in [5.41, 5.74) is 0. The average Bonchev–Trinajstić information content (AvgIpc) is 2.10.